The summed E-state index contributed by atoms with van der Waals surface area (Å²) < 4.78 is 27.0. The molecule has 1 aromatic heterocycles. The lowest BCUT2D eigenvalue weighted by molar-refractivity contribution is 0.0951. The third-order valence-electron chi connectivity index (χ3n) is 2.60. The van der Waals surface area contributed by atoms with Crippen molar-refractivity contribution in [3.05, 3.63) is 64.3 Å². The fourth-order valence-electron chi connectivity index (χ4n) is 1.59. The van der Waals surface area contributed by atoms with Crippen molar-refractivity contribution >= 4 is 5.91 Å². The average Bonchev–Trinajstić information content (AvgIpc) is 2.44. The summed E-state index contributed by atoms with van der Waals surface area (Å²) in [5.74, 6) is -2.63. The topological polar surface area (TPSA) is 64.0 Å². The van der Waals surface area contributed by atoms with E-state index in [4.69, 9.17) is 0 Å². The smallest absolute Gasteiger partial charge is 0.347 e. The van der Waals surface area contributed by atoms with Gasteiger partial charge in [0.25, 0.3) is 5.91 Å². The van der Waals surface area contributed by atoms with Crippen LogP contribution in [-0.4, -0.2) is 22.0 Å². The summed E-state index contributed by atoms with van der Waals surface area (Å²) in [6.07, 6.45) is 2.91. The summed E-state index contributed by atoms with van der Waals surface area (Å²) in [6.45, 7) is 0.408. The SMILES string of the molecule is O=C(NCCn1cccnc1=O)c1ccc(F)c(F)c1. The van der Waals surface area contributed by atoms with E-state index in [1.54, 1.807) is 12.3 Å². The van der Waals surface area contributed by atoms with Gasteiger partial charge < -0.3 is 5.32 Å². The lowest BCUT2D eigenvalue weighted by atomic mass is 10.2. The molecule has 5 nitrogen and oxygen atoms in total. The minimum absolute atomic E-state index is 0.0161. The van der Waals surface area contributed by atoms with Gasteiger partial charge in [-0.05, 0) is 24.3 Å². The summed E-state index contributed by atoms with van der Waals surface area (Å²) in [6, 6.07) is 4.49. The number of amides is 1. The highest BCUT2D eigenvalue weighted by atomic mass is 19.2. The Bertz CT molecular complexity index is 685. The molecular weight excluding hydrogens is 268 g/mol. The highest BCUT2D eigenvalue weighted by Crippen LogP contribution is 2.08. The molecule has 20 heavy (non-hydrogen) atoms. The maximum Gasteiger partial charge on any atom is 0.347 e. The molecule has 2 rings (SSSR count). The van der Waals surface area contributed by atoms with Crippen molar-refractivity contribution in [3.8, 4) is 0 Å². The molecule has 104 valence electrons. The molecule has 0 bridgehead atoms. The van der Waals surface area contributed by atoms with Crippen molar-refractivity contribution < 1.29 is 13.6 Å². The fourth-order valence-corrected chi connectivity index (χ4v) is 1.59. The van der Waals surface area contributed by atoms with Crippen LogP contribution in [0.1, 0.15) is 10.4 Å². The second-order valence-electron chi connectivity index (χ2n) is 3.98. The van der Waals surface area contributed by atoms with Gasteiger partial charge in [0.1, 0.15) is 0 Å². The van der Waals surface area contributed by atoms with Gasteiger partial charge >= 0.3 is 5.69 Å². The first-order valence-corrected chi connectivity index (χ1v) is 5.82. The minimum atomic E-state index is -1.08. The monoisotopic (exact) mass is 279 g/mol. The van der Waals surface area contributed by atoms with Crippen molar-refractivity contribution in [1.29, 1.82) is 0 Å². The molecule has 0 radical (unpaired) electrons. The Morgan fingerprint density at radius 3 is 2.80 bits per heavy atom. The first-order valence-electron chi connectivity index (χ1n) is 5.82. The molecule has 2 aromatic rings. The lowest BCUT2D eigenvalue weighted by Crippen LogP contribution is -2.31. The number of nitrogens with zero attached hydrogens (tertiary/aromatic N) is 2. The van der Waals surface area contributed by atoms with E-state index >= 15 is 0 Å². The number of carbonyl (C=O) groups is 1. The molecule has 0 saturated heterocycles. The number of nitrogens with one attached hydrogen (secondary N) is 1. The summed E-state index contributed by atoms with van der Waals surface area (Å²) in [5, 5.41) is 2.51. The Labute approximate surface area is 112 Å². The van der Waals surface area contributed by atoms with Crippen LogP contribution in [0.15, 0.2) is 41.5 Å². The minimum Gasteiger partial charge on any atom is -0.350 e. The van der Waals surface area contributed by atoms with Crippen LogP contribution in [0, 0.1) is 11.6 Å². The van der Waals surface area contributed by atoms with E-state index in [2.05, 4.69) is 10.3 Å². The van der Waals surface area contributed by atoms with E-state index < -0.39 is 23.2 Å². The van der Waals surface area contributed by atoms with Crippen LogP contribution in [-0.2, 0) is 6.54 Å². The van der Waals surface area contributed by atoms with Crippen molar-refractivity contribution in [2.24, 2.45) is 0 Å². The maximum absolute atomic E-state index is 13.0. The predicted molar refractivity (Wildman–Crippen MR) is 67.2 cm³/mol. The van der Waals surface area contributed by atoms with E-state index in [9.17, 15) is 18.4 Å². The molecule has 7 heteroatoms. The molecule has 0 atom stereocenters. The van der Waals surface area contributed by atoms with Gasteiger partial charge in [-0.15, -0.1) is 0 Å². The Hall–Kier alpha value is -2.57. The van der Waals surface area contributed by atoms with Gasteiger partial charge in [-0.2, -0.15) is 0 Å². The van der Waals surface area contributed by atoms with E-state index in [1.165, 1.54) is 16.8 Å². The molecule has 0 aliphatic rings. The summed E-state index contributed by atoms with van der Waals surface area (Å²) in [7, 11) is 0. The van der Waals surface area contributed by atoms with Gasteiger partial charge in [0.15, 0.2) is 11.6 Å². The molecule has 0 spiro atoms. The van der Waals surface area contributed by atoms with Crippen LogP contribution >= 0.6 is 0 Å². The third-order valence-corrected chi connectivity index (χ3v) is 2.60. The second kappa shape index (κ2) is 6.05. The van der Waals surface area contributed by atoms with Crippen molar-refractivity contribution in [1.82, 2.24) is 14.9 Å². The molecule has 0 unspecified atom stereocenters. The second-order valence-corrected chi connectivity index (χ2v) is 3.98. The molecule has 0 aliphatic heterocycles. The van der Waals surface area contributed by atoms with Crippen molar-refractivity contribution in [2.45, 2.75) is 6.54 Å². The summed E-state index contributed by atoms with van der Waals surface area (Å²) in [4.78, 5) is 26.5. The van der Waals surface area contributed by atoms with Gasteiger partial charge in [-0.3, -0.25) is 9.36 Å². The van der Waals surface area contributed by atoms with E-state index in [0.717, 1.165) is 12.1 Å². The number of benzene rings is 1. The molecule has 0 aliphatic carbocycles. The molecular formula is C13H11F2N3O2. The van der Waals surface area contributed by atoms with Crippen LogP contribution in [0.3, 0.4) is 0 Å². The zero-order valence-electron chi connectivity index (χ0n) is 10.3. The Morgan fingerprint density at radius 2 is 2.10 bits per heavy atom. The van der Waals surface area contributed by atoms with Crippen LogP contribution < -0.4 is 11.0 Å². The normalized spacial score (nSPS) is 10.3. The van der Waals surface area contributed by atoms with Gasteiger partial charge in [0.2, 0.25) is 0 Å². The summed E-state index contributed by atoms with van der Waals surface area (Å²) in [5.41, 5.74) is -0.406. The average molecular weight is 279 g/mol. The summed E-state index contributed by atoms with van der Waals surface area (Å²) >= 11 is 0. The van der Waals surface area contributed by atoms with Gasteiger partial charge in [0, 0.05) is 31.0 Å². The highest BCUT2D eigenvalue weighted by Gasteiger charge is 2.09. The van der Waals surface area contributed by atoms with Gasteiger partial charge in [-0.1, -0.05) is 0 Å². The maximum atomic E-state index is 13.0. The predicted octanol–water partition coefficient (Wildman–Crippen LogP) is 0.951. The Balaban J connectivity index is 1.94. The number of carbonyl (C=O) groups excluding carboxylic acids is 1. The number of halogens is 2. The van der Waals surface area contributed by atoms with Crippen LogP contribution in [0.2, 0.25) is 0 Å². The van der Waals surface area contributed by atoms with Gasteiger partial charge in [0.05, 0.1) is 0 Å². The Morgan fingerprint density at radius 1 is 1.30 bits per heavy atom. The standard InChI is InChI=1S/C13H11F2N3O2/c14-10-3-2-9(8-11(10)15)12(19)16-5-7-18-6-1-4-17-13(18)20/h1-4,6,8H,5,7H2,(H,16,19). The third kappa shape index (κ3) is 3.25. The quantitative estimate of drug-likeness (QED) is 0.906. The lowest BCUT2D eigenvalue weighted by Gasteiger charge is -2.07. The van der Waals surface area contributed by atoms with Crippen LogP contribution in [0.25, 0.3) is 0 Å². The number of aromatic nitrogens is 2. The molecule has 1 N–H and O–H groups in total. The zero-order chi connectivity index (χ0) is 14.5. The molecule has 0 saturated carbocycles. The molecule has 1 aromatic carbocycles. The van der Waals surface area contributed by atoms with E-state index in [0.29, 0.717) is 0 Å². The highest BCUT2D eigenvalue weighted by molar-refractivity contribution is 5.94. The Kier molecular flexibility index (Phi) is 4.19. The van der Waals surface area contributed by atoms with Crippen molar-refractivity contribution in [2.75, 3.05) is 6.54 Å². The van der Waals surface area contributed by atoms with E-state index in [1.807, 2.05) is 0 Å². The van der Waals surface area contributed by atoms with Gasteiger partial charge in [-0.25, -0.2) is 18.6 Å². The van der Waals surface area contributed by atoms with E-state index in [-0.39, 0.29) is 18.7 Å². The fraction of sp³-hybridized carbons (Fsp3) is 0.154. The number of hydrogen-bond acceptors (Lipinski definition) is 3. The van der Waals surface area contributed by atoms with Crippen LogP contribution in [0.5, 0.6) is 0 Å². The largest absolute Gasteiger partial charge is 0.350 e. The first-order chi connectivity index (χ1) is 9.58. The van der Waals surface area contributed by atoms with Crippen LogP contribution in [0.4, 0.5) is 8.78 Å². The molecule has 0 fully saturated rings. The number of rotatable bonds is 4. The number of hydrogen-bond donors (Lipinski definition) is 1. The van der Waals surface area contributed by atoms with Crippen molar-refractivity contribution in [3.63, 3.8) is 0 Å². The molecule has 1 heterocycles. The zero-order valence-corrected chi connectivity index (χ0v) is 10.3. The molecule has 1 amide bonds. The first kappa shape index (κ1) is 13.9.